The first-order chi connectivity index (χ1) is 15.3. The third-order valence-corrected chi connectivity index (χ3v) is 9.28. The van der Waals surface area contributed by atoms with Gasteiger partial charge < -0.3 is 0 Å². The summed E-state index contributed by atoms with van der Waals surface area (Å²) in [4.78, 5) is 0. The summed E-state index contributed by atoms with van der Waals surface area (Å²) >= 11 is 0. The molecule has 7 unspecified atom stereocenters. The molecule has 0 aliphatic heterocycles. The van der Waals surface area contributed by atoms with Gasteiger partial charge in [-0.3, -0.25) is 0 Å². The molecular weight excluding hydrogens is 384 g/mol. The first kappa shape index (κ1) is 27.2. The predicted molar refractivity (Wildman–Crippen MR) is 144 cm³/mol. The first-order valence-electron chi connectivity index (χ1n) is 14.1. The maximum absolute atomic E-state index is 2.56. The maximum Gasteiger partial charge on any atom is -0.0231 e. The van der Waals surface area contributed by atoms with Crippen LogP contribution in [0.25, 0.3) is 0 Å². The molecule has 0 bridgehead atoms. The lowest BCUT2D eigenvalue weighted by Gasteiger charge is -2.51. The van der Waals surface area contributed by atoms with Crippen LogP contribution in [-0.4, -0.2) is 0 Å². The van der Waals surface area contributed by atoms with Crippen molar-refractivity contribution in [3.8, 4) is 0 Å². The minimum absolute atomic E-state index is 0.683. The summed E-state index contributed by atoms with van der Waals surface area (Å²) < 4.78 is 0. The van der Waals surface area contributed by atoms with Gasteiger partial charge in [0.15, 0.2) is 0 Å². The molecule has 7 atom stereocenters. The number of allylic oxidation sites excluding steroid dienone is 2. The van der Waals surface area contributed by atoms with Gasteiger partial charge in [-0.25, -0.2) is 0 Å². The molecule has 0 nitrogen and oxygen atoms in total. The van der Waals surface area contributed by atoms with Gasteiger partial charge in [-0.05, 0) is 86.0 Å². The summed E-state index contributed by atoms with van der Waals surface area (Å²) in [7, 11) is 0. The Bertz CT molecular complexity index is 641. The number of hydrogen-bond acceptors (Lipinski definition) is 0. The van der Waals surface area contributed by atoms with Gasteiger partial charge >= 0.3 is 0 Å². The Kier molecular flexibility index (Phi) is 12.1. The van der Waals surface area contributed by atoms with Crippen molar-refractivity contribution in [2.24, 2.45) is 41.4 Å². The topological polar surface area (TPSA) is 0 Å². The van der Waals surface area contributed by atoms with Crippen molar-refractivity contribution in [2.75, 3.05) is 0 Å². The van der Waals surface area contributed by atoms with Gasteiger partial charge in [0, 0.05) is 0 Å². The molecule has 2 rings (SSSR count). The second-order valence-corrected chi connectivity index (χ2v) is 11.5. The SMILES string of the molecule is CCCCCCCC1C(C)C(C)C1CC(C)C(C)CC=C(C)C(C)CCc1ccccc1. The molecule has 0 heteroatoms. The van der Waals surface area contributed by atoms with E-state index in [9.17, 15) is 0 Å². The molecule has 0 spiro atoms. The highest BCUT2D eigenvalue weighted by molar-refractivity contribution is 5.15. The van der Waals surface area contributed by atoms with E-state index in [4.69, 9.17) is 0 Å². The zero-order valence-corrected chi connectivity index (χ0v) is 22.6. The summed E-state index contributed by atoms with van der Waals surface area (Å²) in [6.45, 7) is 17.2. The second kappa shape index (κ2) is 14.3. The lowest BCUT2D eigenvalue weighted by molar-refractivity contribution is -0.0241. The Labute approximate surface area is 201 Å². The molecule has 32 heavy (non-hydrogen) atoms. The van der Waals surface area contributed by atoms with E-state index in [0.717, 1.165) is 35.5 Å². The van der Waals surface area contributed by atoms with Crippen LogP contribution in [0.5, 0.6) is 0 Å². The van der Waals surface area contributed by atoms with Crippen molar-refractivity contribution in [3.05, 3.63) is 47.5 Å². The van der Waals surface area contributed by atoms with Crippen LogP contribution in [-0.2, 0) is 6.42 Å². The average Bonchev–Trinajstić information content (AvgIpc) is 2.81. The Hall–Kier alpha value is -1.04. The summed E-state index contributed by atoms with van der Waals surface area (Å²) in [5.41, 5.74) is 3.06. The quantitative estimate of drug-likeness (QED) is 0.189. The van der Waals surface area contributed by atoms with Crippen LogP contribution < -0.4 is 0 Å². The van der Waals surface area contributed by atoms with Crippen molar-refractivity contribution >= 4 is 0 Å². The highest BCUT2D eigenvalue weighted by Crippen LogP contribution is 2.51. The lowest BCUT2D eigenvalue weighted by Crippen LogP contribution is -2.44. The van der Waals surface area contributed by atoms with Crippen LogP contribution in [0.2, 0.25) is 0 Å². The Morgan fingerprint density at radius 1 is 0.875 bits per heavy atom. The normalized spacial score (nSPS) is 26.4. The number of aryl methyl sites for hydroxylation is 1. The van der Waals surface area contributed by atoms with Crippen molar-refractivity contribution < 1.29 is 0 Å². The highest BCUT2D eigenvalue weighted by atomic mass is 14.5. The number of rotatable bonds is 15. The largest absolute Gasteiger partial charge is 0.0851 e. The summed E-state index contributed by atoms with van der Waals surface area (Å²) in [5.74, 6) is 6.16. The van der Waals surface area contributed by atoms with Gasteiger partial charge in [-0.2, -0.15) is 0 Å². The van der Waals surface area contributed by atoms with E-state index in [1.807, 2.05) is 0 Å². The third-order valence-electron chi connectivity index (χ3n) is 9.28. The number of unbranched alkanes of at least 4 members (excludes halogenated alkanes) is 4. The predicted octanol–water partition coefficient (Wildman–Crippen LogP) is 10.1. The van der Waals surface area contributed by atoms with E-state index in [0.29, 0.717) is 5.92 Å². The standard InChI is InChI=1S/C32H54/c1-8-9-10-11-15-18-31-28(6)29(7)32(31)23-27(5)26(4)20-19-24(2)25(3)21-22-30-16-13-12-14-17-30/h12-14,16-17,19,25-29,31-32H,8-11,15,18,20-23H2,1-7H3. The summed E-state index contributed by atoms with van der Waals surface area (Å²) in [6.07, 6.45) is 16.3. The van der Waals surface area contributed by atoms with Crippen LogP contribution in [0.4, 0.5) is 0 Å². The van der Waals surface area contributed by atoms with Gasteiger partial charge in [0.25, 0.3) is 0 Å². The fraction of sp³-hybridized carbons (Fsp3) is 0.750. The smallest absolute Gasteiger partial charge is 0.0231 e. The molecule has 0 amide bonds. The molecule has 0 N–H and O–H groups in total. The average molecular weight is 439 g/mol. The van der Waals surface area contributed by atoms with Crippen molar-refractivity contribution in [3.63, 3.8) is 0 Å². The van der Waals surface area contributed by atoms with Gasteiger partial charge in [0.2, 0.25) is 0 Å². The Balaban J connectivity index is 1.74. The molecule has 1 aliphatic carbocycles. The van der Waals surface area contributed by atoms with Gasteiger partial charge in [0.05, 0.1) is 0 Å². The van der Waals surface area contributed by atoms with Crippen LogP contribution in [0.1, 0.15) is 112 Å². The monoisotopic (exact) mass is 438 g/mol. The van der Waals surface area contributed by atoms with E-state index in [-0.39, 0.29) is 0 Å². The summed E-state index contributed by atoms with van der Waals surface area (Å²) in [6, 6.07) is 11.0. The molecule has 1 saturated carbocycles. The maximum atomic E-state index is 2.56. The molecule has 0 radical (unpaired) electrons. The molecule has 0 heterocycles. The molecular formula is C32H54. The van der Waals surface area contributed by atoms with Gasteiger partial charge in [-0.15, -0.1) is 0 Å². The molecule has 1 aromatic carbocycles. The lowest BCUT2D eigenvalue weighted by atomic mass is 9.54. The summed E-state index contributed by atoms with van der Waals surface area (Å²) in [5, 5.41) is 0. The molecule has 1 aliphatic rings. The molecule has 1 aromatic rings. The van der Waals surface area contributed by atoms with E-state index in [1.165, 1.54) is 69.8 Å². The number of hydrogen-bond donors (Lipinski definition) is 0. The fourth-order valence-corrected chi connectivity index (χ4v) is 5.99. The zero-order valence-electron chi connectivity index (χ0n) is 22.6. The molecule has 1 fully saturated rings. The number of benzene rings is 1. The highest BCUT2D eigenvalue weighted by Gasteiger charge is 2.44. The van der Waals surface area contributed by atoms with Crippen LogP contribution in [0.3, 0.4) is 0 Å². The van der Waals surface area contributed by atoms with Crippen molar-refractivity contribution in [2.45, 2.75) is 113 Å². The molecule has 182 valence electrons. The van der Waals surface area contributed by atoms with E-state index in [1.54, 1.807) is 5.57 Å². The van der Waals surface area contributed by atoms with E-state index >= 15 is 0 Å². The van der Waals surface area contributed by atoms with E-state index < -0.39 is 0 Å². The van der Waals surface area contributed by atoms with Crippen LogP contribution >= 0.6 is 0 Å². The fourth-order valence-electron chi connectivity index (χ4n) is 5.99. The van der Waals surface area contributed by atoms with Crippen molar-refractivity contribution in [1.29, 1.82) is 0 Å². The van der Waals surface area contributed by atoms with Gasteiger partial charge in [0.1, 0.15) is 0 Å². The second-order valence-electron chi connectivity index (χ2n) is 11.5. The molecule has 0 saturated heterocycles. The van der Waals surface area contributed by atoms with Crippen LogP contribution in [0.15, 0.2) is 42.0 Å². The first-order valence-corrected chi connectivity index (χ1v) is 14.1. The molecule has 0 aromatic heterocycles. The minimum Gasteiger partial charge on any atom is -0.0851 e. The zero-order chi connectivity index (χ0) is 23.5. The third kappa shape index (κ3) is 8.39. The van der Waals surface area contributed by atoms with Gasteiger partial charge in [-0.1, -0.05) is 116 Å². The van der Waals surface area contributed by atoms with Crippen molar-refractivity contribution in [1.82, 2.24) is 0 Å². The van der Waals surface area contributed by atoms with E-state index in [2.05, 4.69) is 84.9 Å². The van der Waals surface area contributed by atoms with Crippen LogP contribution in [0, 0.1) is 41.4 Å². The Morgan fingerprint density at radius 2 is 1.53 bits per heavy atom. The minimum atomic E-state index is 0.683. The Morgan fingerprint density at radius 3 is 2.22 bits per heavy atom.